The molecule has 0 aliphatic carbocycles. The second-order valence-electron chi connectivity index (χ2n) is 6.97. The highest BCUT2D eigenvalue weighted by Crippen LogP contribution is 2.42. The molecule has 0 radical (unpaired) electrons. The normalized spacial score (nSPS) is 11.2. The number of benzene rings is 3. The molecule has 0 saturated carbocycles. The molecule has 0 N–H and O–H groups in total. The van der Waals surface area contributed by atoms with Crippen molar-refractivity contribution in [2.45, 2.75) is 52.4 Å². The van der Waals surface area contributed by atoms with E-state index in [0.29, 0.717) is 13.2 Å². The van der Waals surface area contributed by atoms with Gasteiger partial charge in [0.2, 0.25) is 0 Å². The first kappa shape index (κ1) is 20.4. The first-order chi connectivity index (χ1) is 13.9. The monoisotopic (exact) mass is 382 g/mol. The zero-order valence-electron chi connectivity index (χ0n) is 16.9. The van der Waals surface area contributed by atoms with E-state index < -0.39 is 0 Å². The number of hydrogen-bond acceptors (Lipinski definition) is 4. The minimum Gasteiger partial charge on any atom is -0.336 e. The zero-order valence-corrected chi connectivity index (χ0v) is 16.9. The van der Waals surface area contributed by atoms with Crippen molar-refractivity contribution in [2.24, 2.45) is 0 Å². The third-order valence-electron chi connectivity index (χ3n) is 4.78. The molecule has 0 fully saturated rings. The Morgan fingerprint density at radius 3 is 1.21 bits per heavy atom. The van der Waals surface area contributed by atoms with E-state index in [0.717, 1.165) is 71.6 Å². The molecular formula is C24H30O4. The summed E-state index contributed by atoms with van der Waals surface area (Å²) < 4.78 is 0. The molecule has 0 saturated heterocycles. The molecular weight excluding hydrogens is 352 g/mol. The van der Waals surface area contributed by atoms with Crippen LogP contribution in [0.3, 0.4) is 0 Å². The lowest BCUT2D eigenvalue weighted by atomic mass is 10.0. The SMILES string of the molecule is CCCCCOOc1c2ccccc2c(OOCCCCC)c2ccccc12. The van der Waals surface area contributed by atoms with Gasteiger partial charge in [0.05, 0.1) is 13.2 Å². The lowest BCUT2D eigenvalue weighted by Crippen LogP contribution is -2.03. The summed E-state index contributed by atoms with van der Waals surface area (Å²) in [6.45, 7) is 5.50. The Labute approximate surface area is 167 Å². The molecule has 28 heavy (non-hydrogen) atoms. The van der Waals surface area contributed by atoms with Crippen molar-refractivity contribution < 1.29 is 19.6 Å². The molecule has 3 aromatic rings. The van der Waals surface area contributed by atoms with Crippen LogP contribution in [-0.4, -0.2) is 13.2 Å². The predicted octanol–water partition coefficient (Wildman–Crippen LogP) is 6.99. The average Bonchev–Trinajstić information content (AvgIpc) is 2.74. The van der Waals surface area contributed by atoms with E-state index in [9.17, 15) is 0 Å². The first-order valence-corrected chi connectivity index (χ1v) is 10.4. The molecule has 0 unspecified atom stereocenters. The van der Waals surface area contributed by atoms with Gasteiger partial charge in [0, 0.05) is 21.5 Å². The van der Waals surface area contributed by atoms with E-state index in [1.807, 2.05) is 48.5 Å². The Balaban J connectivity index is 1.91. The second kappa shape index (κ2) is 10.9. The Hall–Kier alpha value is -2.30. The van der Waals surface area contributed by atoms with E-state index in [1.54, 1.807) is 0 Å². The average molecular weight is 383 g/mol. The van der Waals surface area contributed by atoms with Crippen molar-refractivity contribution >= 4 is 21.5 Å². The van der Waals surface area contributed by atoms with E-state index in [1.165, 1.54) is 0 Å². The molecule has 0 atom stereocenters. The third-order valence-corrected chi connectivity index (χ3v) is 4.78. The smallest absolute Gasteiger partial charge is 0.181 e. The number of unbranched alkanes of at least 4 members (excludes halogenated alkanes) is 4. The van der Waals surface area contributed by atoms with Gasteiger partial charge in [-0.3, -0.25) is 0 Å². The lowest BCUT2D eigenvalue weighted by molar-refractivity contribution is -0.206. The van der Waals surface area contributed by atoms with E-state index in [4.69, 9.17) is 19.6 Å². The van der Waals surface area contributed by atoms with Crippen LogP contribution in [0.25, 0.3) is 21.5 Å². The van der Waals surface area contributed by atoms with Crippen LogP contribution in [0.5, 0.6) is 11.5 Å². The Kier molecular flexibility index (Phi) is 7.94. The zero-order chi connectivity index (χ0) is 19.6. The summed E-state index contributed by atoms with van der Waals surface area (Å²) in [7, 11) is 0. The van der Waals surface area contributed by atoms with Gasteiger partial charge in [0.1, 0.15) is 0 Å². The van der Waals surface area contributed by atoms with Gasteiger partial charge in [0.15, 0.2) is 11.5 Å². The maximum absolute atomic E-state index is 5.80. The first-order valence-electron chi connectivity index (χ1n) is 10.4. The van der Waals surface area contributed by atoms with E-state index >= 15 is 0 Å². The van der Waals surface area contributed by atoms with Crippen LogP contribution in [0.4, 0.5) is 0 Å². The fraction of sp³-hybridized carbons (Fsp3) is 0.417. The topological polar surface area (TPSA) is 36.9 Å². The van der Waals surface area contributed by atoms with Gasteiger partial charge in [-0.2, -0.15) is 9.78 Å². The summed E-state index contributed by atoms with van der Waals surface area (Å²) >= 11 is 0. The maximum atomic E-state index is 5.80. The molecule has 150 valence electrons. The van der Waals surface area contributed by atoms with E-state index in [2.05, 4.69) is 13.8 Å². The van der Waals surface area contributed by atoms with Gasteiger partial charge in [-0.05, 0) is 12.8 Å². The summed E-state index contributed by atoms with van der Waals surface area (Å²) in [5.74, 6) is 1.45. The standard InChI is InChI=1S/C24H30O4/c1-3-5-11-17-25-27-23-19-13-7-9-15-21(19)24(28-26-18-12-6-4-2)22-16-10-8-14-20(22)23/h7-10,13-16H,3-6,11-12,17-18H2,1-2H3. The molecule has 3 aromatic carbocycles. The van der Waals surface area contributed by atoms with Crippen molar-refractivity contribution in [1.82, 2.24) is 0 Å². The molecule has 0 amide bonds. The Bertz CT molecular complexity index is 746. The number of fused-ring (bicyclic) bond motifs is 2. The molecule has 0 aliphatic rings. The molecule has 0 bridgehead atoms. The fourth-order valence-corrected chi connectivity index (χ4v) is 3.25. The highest BCUT2D eigenvalue weighted by molar-refractivity contribution is 6.10. The van der Waals surface area contributed by atoms with E-state index in [-0.39, 0.29) is 0 Å². The Morgan fingerprint density at radius 2 is 0.893 bits per heavy atom. The third kappa shape index (κ3) is 4.94. The van der Waals surface area contributed by atoms with Gasteiger partial charge >= 0.3 is 0 Å². The fourth-order valence-electron chi connectivity index (χ4n) is 3.25. The van der Waals surface area contributed by atoms with Crippen molar-refractivity contribution in [3.8, 4) is 11.5 Å². The largest absolute Gasteiger partial charge is 0.336 e. The van der Waals surface area contributed by atoms with Crippen LogP contribution >= 0.6 is 0 Å². The quantitative estimate of drug-likeness (QED) is 0.146. The molecule has 0 spiro atoms. The van der Waals surface area contributed by atoms with Gasteiger partial charge in [-0.15, -0.1) is 0 Å². The lowest BCUT2D eigenvalue weighted by Gasteiger charge is -2.16. The number of hydrogen-bond donors (Lipinski definition) is 0. The maximum Gasteiger partial charge on any atom is 0.181 e. The minimum atomic E-state index is 0.579. The molecule has 0 aromatic heterocycles. The van der Waals surface area contributed by atoms with Gasteiger partial charge in [-0.1, -0.05) is 88.1 Å². The van der Waals surface area contributed by atoms with Gasteiger partial charge in [-0.25, -0.2) is 0 Å². The van der Waals surface area contributed by atoms with Crippen molar-refractivity contribution in [1.29, 1.82) is 0 Å². The summed E-state index contributed by atoms with van der Waals surface area (Å²) in [5, 5.41) is 3.79. The van der Waals surface area contributed by atoms with Crippen molar-refractivity contribution in [3.63, 3.8) is 0 Å². The van der Waals surface area contributed by atoms with Crippen molar-refractivity contribution in [3.05, 3.63) is 48.5 Å². The van der Waals surface area contributed by atoms with Crippen LogP contribution < -0.4 is 9.78 Å². The molecule has 0 heterocycles. The van der Waals surface area contributed by atoms with Crippen LogP contribution in [0.15, 0.2) is 48.5 Å². The summed E-state index contributed by atoms with van der Waals surface area (Å²) in [6.07, 6.45) is 6.54. The van der Waals surface area contributed by atoms with Crippen molar-refractivity contribution in [2.75, 3.05) is 13.2 Å². The minimum absolute atomic E-state index is 0.579. The summed E-state index contributed by atoms with van der Waals surface area (Å²) in [4.78, 5) is 22.7. The summed E-state index contributed by atoms with van der Waals surface area (Å²) in [6, 6.07) is 16.1. The predicted molar refractivity (Wildman–Crippen MR) is 114 cm³/mol. The van der Waals surface area contributed by atoms with Crippen LogP contribution in [0, 0.1) is 0 Å². The molecule has 4 nitrogen and oxygen atoms in total. The highest BCUT2D eigenvalue weighted by Gasteiger charge is 2.17. The molecule has 3 rings (SSSR count). The van der Waals surface area contributed by atoms with Gasteiger partial charge < -0.3 is 9.78 Å². The summed E-state index contributed by atoms with van der Waals surface area (Å²) in [5.41, 5.74) is 0. The second-order valence-corrected chi connectivity index (χ2v) is 6.97. The molecule has 4 heteroatoms. The molecule has 0 aliphatic heterocycles. The van der Waals surface area contributed by atoms with Crippen LogP contribution in [-0.2, 0) is 9.78 Å². The van der Waals surface area contributed by atoms with Gasteiger partial charge in [0.25, 0.3) is 0 Å². The van der Waals surface area contributed by atoms with Crippen LogP contribution in [0.2, 0.25) is 0 Å². The highest BCUT2D eigenvalue weighted by atomic mass is 17.2. The Morgan fingerprint density at radius 1 is 0.536 bits per heavy atom. The number of rotatable bonds is 12. The van der Waals surface area contributed by atoms with Crippen LogP contribution in [0.1, 0.15) is 52.4 Å².